The highest BCUT2D eigenvalue weighted by molar-refractivity contribution is 6.21. The fraction of sp³-hybridized carbons (Fsp3) is 0.524. The third-order valence-electron chi connectivity index (χ3n) is 4.66. The van der Waals surface area contributed by atoms with Gasteiger partial charge in [-0.25, -0.2) is 0 Å². The van der Waals surface area contributed by atoms with Crippen LogP contribution in [0, 0.1) is 5.41 Å². The molecule has 6 nitrogen and oxygen atoms in total. The number of imide groups is 2. The van der Waals surface area contributed by atoms with Crippen LogP contribution in [-0.2, 0) is 9.59 Å². The Hall–Kier alpha value is -2.50. The molecule has 27 heavy (non-hydrogen) atoms. The van der Waals surface area contributed by atoms with E-state index in [9.17, 15) is 19.2 Å². The Morgan fingerprint density at radius 1 is 0.741 bits per heavy atom. The highest BCUT2D eigenvalue weighted by atomic mass is 16.2. The van der Waals surface area contributed by atoms with Crippen LogP contribution in [0.2, 0.25) is 0 Å². The first-order chi connectivity index (χ1) is 12.5. The van der Waals surface area contributed by atoms with Crippen LogP contribution >= 0.6 is 0 Å². The molecule has 0 spiro atoms. The first-order valence-electron chi connectivity index (χ1n) is 9.28. The molecule has 1 aromatic carbocycles. The van der Waals surface area contributed by atoms with Crippen LogP contribution in [0.25, 0.3) is 0 Å². The average Bonchev–Trinajstić information content (AvgIpc) is 2.77. The van der Waals surface area contributed by atoms with Crippen LogP contribution in [0.4, 0.5) is 0 Å². The molecular weight excluding hydrogens is 344 g/mol. The van der Waals surface area contributed by atoms with Crippen molar-refractivity contribution in [2.24, 2.45) is 5.41 Å². The average molecular weight is 372 g/mol. The van der Waals surface area contributed by atoms with E-state index in [2.05, 4.69) is 0 Å². The summed E-state index contributed by atoms with van der Waals surface area (Å²) in [5.74, 6) is -0.422. The first kappa shape index (κ1) is 20.8. The number of amides is 4. The van der Waals surface area contributed by atoms with Crippen molar-refractivity contribution in [3.63, 3.8) is 0 Å². The molecule has 0 aliphatic carbocycles. The summed E-state index contributed by atoms with van der Waals surface area (Å²) >= 11 is 0. The number of carbonyl (C=O) groups is 4. The highest BCUT2D eigenvalue weighted by Crippen LogP contribution is 2.32. The minimum Gasteiger partial charge on any atom is -0.280 e. The van der Waals surface area contributed by atoms with Gasteiger partial charge in [-0.05, 0) is 45.2 Å². The van der Waals surface area contributed by atoms with Crippen molar-refractivity contribution in [3.8, 4) is 0 Å². The van der Waals surface area contributed by atoms with Gasteiger partial charge in [0, 0.05) is 24.9 Å². The van der Waals surface area contributed by atoms with Gasteiger partial charge < -0.3 is 0 Å². The minimum atomic E-state index is -0.180. The van der Waals surface area contributed by atoms with Crippen molar-refractivity contribution in [1.29, 1.82) is 0 Å². The van der Waals surface area contributed by atoms with Crippen LogP contribution in [-0.4, -0.2) is 45.5 Å². The van der Waals surface area contributed by atoms with E-state index in [-0.39, 0.29) is 41.1 Å². The fourth-order valence-electron chi connectivity index (χ4n) is 3.44. The highest BCUT2D eigenvalue weighted by Gasteiger charge is 2.38. The molecule has 0 bridgehead atoms. The molecule has 0 saturated carbocycles. The zero-order valence-electron chi connectivity index (χ0n) is 16.9. The predicted molar refractivity (Wildman–Crippen MR) is 102 cm³/mol. The third-order valence-corrected chi connectivity index (χ3v) is 4.66. The normalized spacial score (nSPS) is 18.8. The molecule has 4 amide bonds. The zero-order valence-corrected chi connectivity index (χ0v) is 16.9. The number of carbonyl (C=O) groups excluding carboxylic acids is 4. The zero-order chi connectivity index (χ0) is 20.5. The van der Waals surface area contributed by atoms with Gasteiger partial charge in [-0.2, -0.15) is 0 Å². The monoisotopic (exact) mass is 372 g/mol. The molecule has 2 aliphatic heterocycles. The second-order valence-electron chi connectivity index (χ2n) is 8.39. The maximum absolute atomic E-state index is 11.8. The van der Waals surface area contributed by atoms with Gasteiger partial charge in [0.15, 0.2) is 0 Å². The Morgan fingerprint density at radius 3 is 1.44 bits per heavy atom. The van der Waals surface area contributed by atoms with Crippen LogP contribution in [0.15, 0.2) is 24.3 Å². The van der Waals surface area contributed by atoms with Crippen molar-refractivity contribution in [2.75, 3.05) is 0 Å². The lowest BCUT2D eigenvalue weighted by atomic mass is 9.81. The summed E-state index contributed by atoms with van der Waals surface area (Å²) in [5, 5.41) is 0. The standard InChI is InChI=1S/C11H11NO2.C10H17NO2/c1-7(2)12-10(13)8-5-3-4-6-9(8)11(12)14;1-7(2)11-8(12)5-10(3,4)6-9(11)13/h3-7H,1-2H3;7H,5-6H2,1-4H3. The van der Waals surface area contributed by atoms with Gasteiger partial charge in [0.25, 0.3) is 11.8 Å². The summed E-state index contributed by atoms with van der Waals surface area (Å²) in [6.07, 6.45) is 0.966. The molecule has 1 saturated heterocycles. The molecule has 146 valence electrons. The molecule has 0 N–H and O–H groups in total. The van der Waals surface area contributed by atoms with Crippen LogP contribution in [0.1, 0.15) is 75.1 Å². The number of benzene rings is 1. The molecule has 2 heterocycles. The lowest BCUT2D eigenvalue weighted by Gasteiger charge is -2.36. The van der Waals surface area contributed by atoms with Gasteiger partial charge in [0.1, 0.15) is 0 Å². The van der Waals surface area contributed by atoms with E-state index in [1.54, 1.807) is 24.3 Å². The van der Waals surface area contributed by atoms with Crippen molar-refractivity contribution >= 4 is 23.6 Å². The number of fused-ring (bicyclic) bond motifs is 1. The van der Waals surface area contributed by atoms with E-state index in [4.69, 9.17) is 0 Å². The minimum absolute atomic E-state index is 0.00361. The van der Waals surface area contributed by atoms with Gasteiger partial charge in [-0.3, -0.25) is 29.0 Å². The van der Waals surface area contributed by atoms with E-state index in [1.165, 1.54) is 9.80 Å². The summed E-state index contributed by atoms with van der Waals surface area (Å²) in [6, 6.07) is 6.84. The van der Waals surface area contributed by atoms with Crippen molar-refractivity contribution in [2.45, 2.75) is 66.5 Å². The first-order valence-corrected chi connectivity index (χ1v) is 9.28. The number of hydrogen-bond acceptors (Lipinski definition) is 4. The van der Waals surface area contributed by atoms with Gasteiger partial charge in [-0.1, -0.05) is 26.0 Å². The molecule has 0 radical (unpaired) electrons. The Kier molecular flexibility index (Phi) is 5.88. The lowest BCUT2D eigenvalue weighted by Crippen LogP contribution is -2.49. The largest absolute Gasteiger partial charge is 0.280 e. The molecular formula is C21H28N2O4. The molecule has 1 aromatic rings. The lowest BCUT2D eigenvalue weighted by molar-refractivity contribution is -0.154. The second-order valence-corrected chi connectivity index (χ2v) is 8.39. The van der Waals surface area contributed by atoms with Gasteiger partial charge in [0.2, 0.25) is 11.8 Å². The van der Waals surface area contributed by atoms with Gasteiger partial charge in [0.05, 0.1) is 11.1 Å². The Morgan fingerprint density at radius 2 is 1.11 bits per heavy atom. The molecule has 0 aromatic heterocycles. The maximum Gasteiger partial charge on any atom is 0.261 e. The molecule has 6 heteroatoms. The Bertz CT molecular complexity index is 725. The van der Waals surface area contributed by atoms with E-state index < -0.39 is 0 Å². The van der Waals surface area contributed by atoms with Crippen LogP contribution < -0.4 is 0 Å². The summed E-state index contributed by atoms with van der Waals surface area (Å²) in [4.78, 5) is 49.3. The molecule has 0 atom stereocenters. The maximum atomic E-state index is 11.8. The number of piperidine rings is 1. The van der Waals surface area contributed by atoms with Crippen LogP contribution in [0.5, 0.6) is 0 Å². The number of nitrogens with zero attached hydrogens (tertiary/aromatic N) is 2. The van der Waals surface area contributed by atoms with E-state index in [0.29, 0.717) is 24.0 Å². The number of likely N-dealkylation sites (tertiary alicyclic amines) is 1. The summed E-state index contributed by atoms with van der Waals surface area (Å²) in [6.45, 7) is 11.3. The second kappa shape index (κ2) is 7.62. The summed E-state index contributed by atoms with van der Waals surface area (Å²) < 4.78 is 0. The Labute approximate surface area is 160 Å². The van der Waals surface area contributed by atoms with Crippen molar-refractivity contribution in [3.05, 3.63) is 35.4 Å². The predicted octanol–water partition coefficient (Wildman–Crippen LogP) is 3.26. The molecule has 3 rings (SSSR count). The molecule has 1 fully saturated rings. The van der Waals surface area contributed by atoms with Gasteiger partial charge in [-0.15, -0.1) is 0 Å². The van der Waals surface area contributed by atoms with Gasteiger partial charge >= 0.3 is 0 Å². The fourth-order valence-corrected chi connectivity index (χ4v) is 3.44. The SMILES string of the molecule is CC(C)N1C(=O)CC(C)(C)CC1=O.CC(C)N1C(=O)c2ccccc2C1=O. The third kappa shape index (κ3) is 4.26. The number of rotatable bonds is 2. The number of hydrogen-bond donors (Lipinski definition) is 0. The molecule has 0 unspecified atom stereocenters. The summed E-state index contributed by atoms with van der Waals surface area (Å²) in [5.41, 5.74) is 0.886. The smallest absolute Gasteiger partial charge is 0.261 e. The van der Waals surface area contributed by atoms with Crippen molar-refractivity contribution < 1.29 is 19.2 Å². The van der Waals surface area contributed by atoms with E-state index in [0.717, 1.165) is 0 Å². The topological polar surface area (TPSA) is 74.8 Å². The summed E-state index contributed by atoms with van der Waals surface area (Å²) in [7, 11) is 0. The Balaban J connectivity index is 0.000000194. The quantitative estimate of drug-likeness (QED) is 0.747. The van der Waals surface area contributed by atoms with Crippen LogP contribution in [0.3, 0.4) is 0 Å². The van der Waals surface area contributed by atoms with E-state index in [1.807, 2.05) is 41.5 Å². The van der Waals surface area contributed by atoms with E-state index >= 15 is 0 Å². The van der Waals surface area contributed by atoms with Crippen molar-refractivity contribution in [1.82, 2.24) is 9.80 Å². The molecule has 2 aliphatic rings.